The zero-order valence-corrected chi connectivity index (χ0v) is 16.3. The van der Waals surface area contributed by atoms with Crippen LogP contribution in [0.3, 0.4) is 0 Å². The molecule has 0 bridgehead atoms. The van der Waals surface area contributed by atoms with E-state index in [9.17, 15) is 4.79 Å². The zero-order valence-electron chi connectivity index (χ0n) is 16.3. The summed E-state index contributed by atoms with van der Waals surface area (Å²) in [5.74, 6) is -0.827. The molecule has 1 N–H and O–H groups in total. The van der Waals surface area contributed by atoms with Gasteiger partial charge < -0.3 is 9.84 Å². The van der Waals surface area contributed by atoms with Gasteiger partial charge in [-0.05, 0) is 46.0 Å². The number of unbranched alkanes of at least 4 members (excludes halogenated alkanes) is 10. The van der Waals surface area contributed by atoms with Gasteiger partial charge in [-0.15, -0.1) is 0 Å². The highest BCUT2D eigenvalue weighted by Crippen LogP contribution is 2.13. The van der Waals surface area contributed by atoms with E-state index in [1.165, 1.54) is 64.2 Å². The van der Waals surface area contributed by atoms with E-state index in [-0.39, 0.29) is 6.10 Å². The van der Waals surface area contributed by atoms with E-state index in [2.05, 4.69) is 19.1 Å². The molecule has 0 aromatic rings. The fourth-order valence-electron chi connectivity index (χ4n) is 2.80. The molecule has 24 heavy (non-hydrogen) atoms. The van der Waals surface area contributed by atoms with E-state index < -0.39 is 12.1 Å². The molecule has 0 aromatic heterocycles. The highest BCUT2D eigenvalue weighted by atomic mass is 16.5. The van der Waals surface area contributed by atoms with Crippen LogP contribution in [0.4, 0.5) is 0 Å². The Morgan fingerprint density at radius 3 is 1.88 bits per heavy atom. The number of allylic oxidation sites excluding steroid dienone is 2. The van der Waals surface area contributed by atoms with Gasteiger partial charge in [0.2, 0.25) is 0 Å². The minimum Gasteiger partial charge on any atom is -0.479 e. The first-order chi connectivity index (χ1) is 11.6. The number of aliphatic carboxylic acids is 1. The van der Waals surface area contributed by atoms with Crippen LogP contribution in [0, 0.1) is 0 Å². The van der Waals surface area contributed by atoms with Crippen LogP contribution in [0.15, 0.2) is 12.2 Å². The predicted octanol–water partition coefficient (Wildman–Crippen LogP) is 6.51. The third-order valence-electron chi connectivity index (χ3n) is 4.19. The van der Waals surface area contributed by atoms with Gasteiger partial charge in [0.05, 0.1) is 6.10 Å². The summed E-state index contributed by atoms with van der Waals surface area (Å²) in [5, 5.41) is 9.10. The molecule has 0 heterocycles. The van der Waals surface area contributed by atoms with E-state index in [0.717, 1.165) is 12.8 Å². The van der Waals surface area contributed by atoms with Crippen LogP contribution < -0.4 is 0 Å². The predicted molar refractivity (Wildman–Crippen MR) is 102 cm³/mol. The average Bonchev–Trinajstić information content (AvgIpc) is 2.53. The van der Waals surface area contributed by atoms with E-state index >= 15 is 0 Å². The molecule has 142 valence electrons. The van der Waals surface area contributed by atoms with Crippen molar-refractivity contribution in [1.82, 2.24) is 0 Å². The lowest BCUT2D eigenvalue weighted by atomic mass is 10.1. The normalized spacial score (nSPS) is 13.0. The second kappa shape index (κ2) is 17.0. The molecule has 0 saturated heterocycles. The van der Waals surface area contributed by atoms with Crippen LogP contribution in [-0.2, 0) is 9.53 Å². The Kier molecular flexibility index (Phi) is 16.4. The van der Waals surface area contributed by atoms with Crippen LogP contribution >= 0.6 is 0 Å². The Morgan fingerprint density at radius 2 is 1.38 bits per heavy atom. The molecule has 0 amide bonds. The lowest BCUT2D eigenvalue weighted by molar-refractivity contribution is -0.153. The number of carboxylic acids is 1. The second-order valence-corrected chi connectivity index (χ2v) is 7.03. The summed E-state index contributed by atoms with van der Waals surface area (Å²) in [5.41, 5.74) is 0. The fourth-order valence-corrected chi connectivity index (χ4v) is 2.80. The average molecular weight is 341 g/mol. The van der Waals surface area contributed by atoms with Crippen molar-refractivity contribution < 1.29 is 14.6 Å². The fraction of sp³-hybridized carbons (Fsp3) is 0.857. The summed E-state index contributed by atoms with van der Waals surface area (Å²) in [6.07, 6.45) is 19.6. The second-order valence-electron chi connectivity index (χ2n) is 7.03. The Morgan fingerprint density at radius 1 is 0.875 bits per heavy atom. The molecule has 0 rings (SSSR count). The van der Waals surface area contributed by atoms with Crippen LogP contribution in [0.25, 0.3) is 0 Å². The first-order valence-electron chi connectivity index (χ1n) is 10.1. The van der Waals surface area contributed by atoms with Crippen LogP contribution in [0.1, 0.15) is 104 Å². The number of hydrogen-bond acceptors (Lipinski definition) is 2. The number of hydrogen-bond donors (Lipinski definition) is 1. The number of carbonyl (C=O) groups is 1. The molecule has 0 aromatic carbocycles. The summed E-state index contributed by atoms with van der Waals surface area (Å²) in [4.78, 5) is 11.1. The highest BCUT2D eigenvalue weighted by molar-refractivity contribution is 5.72. The minimum absolute atomic E-state index is 0.0215. The summed E-state index contributed by atoms with van der Waals surface area (Å²) < 4.78 is 5.42. The Bertz CT molecular complexity index is 310. The number of ether oxygens (including phenoxy) is 1. The van der Waals surface area contributed by atoms with E-state index in [4.69, 9.17) is 9.84 Å². The Balaban J connectivity index is 3.37. The third kappa shape index (κ3) is 16.0. The first kappa shape index (κ1) is 23.2. The van der Waals surface area contributed by atoms with Gasteiger partial charge in [-0.1, -0.05) is 70.4 Å². The van der Waals surface area contributed by atoms with Crippen molar-refractivity contribution in [2.24, 2.45) is 0 Å². The van der Waals surface area contributed by atoms with Crippen molar-refractivity contribution in [2.75, 3.05) is 0 Å². The van der Waals surface area contributed by atoms with Gasteiger partial charge in [-0.3, -0.25) is 0 Å². The zero-order chi connectivity index (χ0) is 18.0. The molecule has 0 aliphatic heterocycles. The minimum atomic E-state index is -0.827. The van der Waals surface area contributed by atoms with Gasteiger partial charge in [0.1, 0.15) is 0 Å². The van der Waals surface area contributed by atoms with Gasteiger partial charge in [-0.25, -0.2) is 4.79 Å². The maximum absolute atomic E-state index is 11.1. The first-order valence-corrected chi connectivity index (χ1v) is 10.1. The molecule has 0 aliphatic rings. The van der Waals surface area contributed by atoms with Crippen molar-refractivity contribution >= 4 is 5.97 Å². The van der Waals surface area contributed by atoms with Crippen molar-refractivity contribution in [2.45, 2.75) is 116 Å². The summed E-state index contributed by atoms with van der Waals surface area (Å²) >= 11 is 0. The SMILES string of the molecule is CCCCCC=CCCCCCCCCCC(OC(C)C)C(=O)O. The lowest BCUT2D eigenvalue weighted by Crippen LogP contribution is -2.26. The molecule has 3 heteroatoms. The molecule has 0 spiro atoms. The van der Waals surface area contributed by atoms with Crippen molar-refractivity contribution in [3.8, 4) is 0 Å². The van der Waals surface area contributed by atoms with Crippen LogP contribution in [0.5, 0.6) is 0 Å². The van der Waals surface area contributed by atoms with E-state index in [1.54, 1.807) is 0 Å². The molecule has 0 radical (unpaired) electrons. The molecular formula is C21H40O3. The Labute approximate surface area is 149 Å². The summed E-state index contributed by atoms with van der Waals surface area (Å²) in [6, 6.07) is 0. The van der Waals surface area contributed by atoms with Crippen molar-refractivity contribution in [3.63, 3.8) is 0 Å². The molecule has 0 fully saturated rings. The highest BCUT2D eigenvalue weighted by Gasteiger charge is 2.18. The largest absolute Gasteiger partial charge is 0.479 e. The van der Waals surface area contributed by atoms with Crippen LogP contribution in [0.2, 0.25) is 0 Å². The maximum Gasteiger partial charge on any atom is 0.332 e. The van der Waals surface area contributed by atoms with Gasteiger partial charge in [0.15, 0.2) is 6.10 Å². The van der Waals surface area contributed by atoms with Crippen molar-refractivity contribution in [3.05, 3.63) is 12.2 Å². The van der Waals surface area contributed by atoms with Gasteiger partial charge in [0, 0.05) is 0 Å². The molecule has 1 unspecified atom stereocenters. The van der Waals surface area contributed by atoms with Gasteiger partial charge in [0.25, 0.3) is 0 Å². The van der Waals surface area contributed by atoms with E-state index in [1.807, 2.05) is 13.8 Å². The standard InChI is InChI=1S/C21H40O3/c1-4-5-6-7-8-9-10-11-12-13-14-15-16-17-18-20(21(22)23)24-19(2)3/h8-9,19-20H,4-7,10-18H2,1-3H3,(H,22,23). The van der Waals surface area contributed by atoms with Gasteiger partial charge in [-0.2, -0.15) is 0 Å². The topological polar surface area (TPSA) is 46.5 Å². The maximum atomic E-state index is 11.1. The quantitative estimate of drug-likeness (QED) is 0.242. The van der Waals surface area contributed by atoms with Crippen LogP contribution in [-0.4, -0.2) is 23.3 Å². The lowest BCUT2D eigenvalue weighted by Gasteiger charge is -2.16. The molecule has 3 nitrogen and oxygen atoms in total. The molecule has 1 atom stereocenters. The monoisotopic (exact) mass is 340 g/mol. The molecule has 0 saturated carbocycles. The van der Waals surface area contributed by atoms with Crippen molar-refractivity contribution in [1.29, 1.82) is 0 Å². The third-order valence-corrected chi connectivity index (χ3v) is 4.19. The summed E-state index contributed by atoms with van der Waals surface area (Å²) in [7, 11) is 0. The molecular weight excluding hydrogens is 300 g/mol. The van der Waals surface area contributed by atoms with E-state index in [0.29, 0.717) is 6.42 Å². The number of rotatable bonds is 17. The Hall–Kier alpha value is -0.830. The summed E-state index contributed by atoms with van der Waals surface area (Å²) in [6.45, 7) is 6.01. The molecule has 0 aliphatic carbocycles. The smallest absolute Gasteiger partial charge is 0.332 e. The van der Waals surface area contributed by atoms with Gasteiger partial charge >= 0.3 is 5.97 Å². The number of carboxylic acid groups (broad SMARTS) is 1.